The molecule has 0 spiro atoms. The number of rotatable bonds is 4. The largest absolute Gasteiger partial charge is 0.348 e. The van der Waals surface area contributed by atoms with Crippen molar-refractivity contribution in [1.82, 2.24) is 19.9 Å². The van der Waals surface area contributed by atoms with E-state index in [0.29, 0.717) is 17.3 Å². The third-order valence-corrected chi connectivity index (χ3v) is 4.86. The Hall–Kier alpha value is -2.69. The molecule has 5 nitrogen and oxygen atoms in total. The van der Waals surface area contributed by atoms with Gasteiger partial charge in [-0.05, 0) is 18.9 Å². The van der Waals surface area contributed by atoms with Crippen LogP contribution in [0.2, 0.25) is 0 Å². The molecule has 0 aliphatic rings. The standard InChI is InChI=1S/C22H28N4O/c1-14(2)15(3)23-21(27)18-12-17(16-10-8-7-9-11-16)24-20-13-19(22(4,5)6)25-26(18)20/h7-15H,1-6H3,(H,23,27). The monoisotopic (exact) mass is 364 g/mol. The molecular weight excluding hydrogens is 336 g/mol. The summed E-state index contributed by atoms with van der Waals surface area (Å²) < 4.78 is 1.66. The van der Waals surface area contributed by atoms with E-state index >= 15 is 0 Å². The van der Waals surface area contributed by atoms with Crippen molar-refractivity contribution in [2.45, 2.75) is 53.0 Å². The molecular formula is C22H28N4O. The normalized spacial score (nSPS) is 13.1. The molecule has 1 unspecified atom stereocenters. The quantitative estimate of drug-likeness (QED) is 0.743. The summed E-state index contributed by atoms with van der Waals surface area (Å²) in [5, 5.41) is 7.77. The van der Waals surface area contributed by atoms with Gasteiger partial charge in [0.15, 0.2) is 5.65 Å². The second kappa shape index (κ2) is 7.14. The fraction of sp³-hybridized carbons (Fsp3) is 0.409. The zero-order valence-electron chi connectivity index (χ0n) is 16.9. The van der Waals surface area contributed by atoms with E-state index in [1.54, 1.807) is 4.52 Å². The molecule has 1 atom stereocenters. The lowest BCUT2D eigenvalue weighted by atomic mass is 9.93. The van der Waals surface area contributed by atoms with Crippen molar-refractivity contribution in [2.75, 3.05) is 0 Å². The second-order valence-corrected chi connectivity index (χ2v) is 8.45. The molecule has 2 heterocycles. The Morgan fingerprint density at radius 3 is 2.33 bits per heavy atom. The van der Waals surface area contributed by atoms with Crippen LogP contribution in [-0.2, 0) is 5.41 Å². The molecule has 0 saturated heterocycles. The van der Waals surface area contributed by atoms with Crippen LogP contribution in [0.5, 0.6) is 0 Å². The summed E-state index contributed by atoms with van der Waals surface area (Å²) in [4.78, 5) is 17.8. The molecule has 3 aromatic rings. The van der Waals surface area contributed by atoms with Gasteiger partial charge in [-0.1, -0.05) is 65.0 Å². The van der Waals surface area contributed by atoms with Gasteiger partial charge >= 0.3 is 0 Å². The Kier molecular flexibility index (Phi) is 5.05. The van der Waals surface area contributed by atoms with Crippen molar-refractivity contribution < 1.29 is 4.79 Å². The number of hydrogen-bond acceptors (Lipinski definition) is 3. The summed E-state index contributed by atoms with van der Waals surface area (Å²) in [6.07, 6.45) is 0. The number of nitrogens with zero attached hydrogens (tertiary/aromatic N) is 3. The number of carbonyl (C=O) groups excluding carboxylic acids is 1. The van der Waals surface area contributed by atoms with Gasteiger partial charge in [0.2, 0.25) is 0 Å². The van der Waals surface area contributed by atoms with Crippen LogP contribution in [0.3, 0.4) is 0 Å². The maximum absolute atomic E-state index is 13.0. The molecule has 27 heavy (non-hydrogen) atoms. The van der Waals surface area contributed by atoms with E-state index in [-0.39, 0.29) is 17.4 Å². The van der Waals surface area contributed by atoms with Gasteiger partial charge in [-0.2, -0.15) is 5.10 Å². The third-order valence-electron chi connectivity index (χ3n) is 4.86. The number of aromatic nitrogens is 3. The fourth-order valence-electron chi connectivity index (χ4n) is 2.71. The van der Waals surface area contributed by atoms with E-state index in [0.717, 1.165) is 17.0 Å². The summed E-state index contributed by atoms with van der Waals surface area (Å²) in [5.41, 5.74) is 3.71. The maximum Gasteiger partial charge on any atom is 0.270 e. The van der Waals surface area contributed by atoms with Crippen molar-refractivity contribution in [3.05, 3.63) is 53.9 Å². The number of carbonyl (C=O) groups is 1. The highest BCUT2D eigenvalue weighted by Gasteiger charge is 2.23. The van der Waals surface area contributed by atoms with Gasteiger partial charge in [-0.15, -0.1) is 0 Å². The molecule has 142 valence electrons. The Morgan fingerprint density at radius 1 is 1.07 bits per heavy atom. The summed E-state index contributed by atoms with van der Waals surface area (Å²) in [5.74, 6) is 0.215. The van der Waals surface area contributed by atoms with Gasteiger partial charge < -0.3 is 5.32 Å². The van der Waals surface area contributed by atoms with E-state index in [4.69, 9.17) is 4.98 Å². The van der Waals surface area contributed by atoms with Gasteiger partial charge in [0.05, 0.1) is 11.4 Å². The molecule has 0 radical (unpaired) electrons. The number of hydrogen-bond donors (Lipinski definition) is 1. The van der Waals surface area contributed by atoms with Crippen LogP contribution in [0.4, 0.5) is 0 Å². The Balaban J connectivity index is 2.16. The van der Waals surface area contributed by atoms with Gasteiger partial charge in [0, 0.05) is 23.1 Å². The van der Waals surface area contributed by atoms with Crippen LogP contribution >= 0.6 is 0 Å². The highest BCUT2D eigenvalue weighted by molar-refractivity contribution is 5.94. The van der Waals surface area contributed by atoms with Crippen molar-refractivity contribution in [2.24, 2.45) is 5.92 Å². The molecule has 5 heteroatoms. The predicted octanol–water partition coefficient (Wildman–Crippen LogP) is 4.47. The number of fused-ring (bicyclic) bond motifs is 1. The average molecular weight is 364 g/mol. The zero-order chi connectivity index (χ0) is 19.8. The van der Waals surface area contributed by atoms with Crippen LogP contribution in [0.25, 0.3) is 16.9 Å². The smallest absolute Gasteiger partial charge is 0.270 e. The Bertz CT molecular complexity index is 952. The highest BCUT2D eigenvalue weighted by atomic mass is 16.2. The van der Waals surface area contributed by atoms with Gasteiger partial charge in [0.1, 0.15) is 5.69 Å². The summed E-state index contributed by atoms with van der Waals surface area (Å²) in [7, 11) is 0. The minimum atomic E-state index is -0.135. The first-order chi connectivity index (χ1) is 12.7. The van der Waals surface area contributed by atoms with Crippen LogP contribution in [0.15, 0.2) is 42.5 Å². The number of nitrogens with one attached hydrogen (secondary N) is 1. The average Bonchev–Trinajstić information content (AvgIpc) is 3.06. The topological polar surface area (TPSA) is 59.3 Å². The molecule has 1 aromatic carbocycles. The molecule has 0 aliphatic carbocycles. The zero-order valence-corrected chi connectivity index (χ0v) is 16.9. The van der Waals surface area contributed by atoms with Gasteiger partial charge in [0.25, 0.3) is 5.91 Å². The number of amides is 1. The lowest BCUT2D eigenvalue weighted by molar-refractivity contribution is 0.0922. The molecule has 0 bridgehead atoms. The van der Waals surface area contributed by atoms with Crippen molar-refractivity contribution in [1.29, 1.82) is 0 Å². The maximum atomic E-state index is 13.0. The van der Waals surface area contributed by atoms with Gasteiger partial charge in [-0.3, -0.25) is 4.79 Å². The predicted molar refractivity (Wildman–Crippen MR) is 109 cm³/mol. The van der Waals surface area contributed by atoms with Crippen LogP contribution in [0, 0.1) is 5.92 Å². The first kappa shape index (κ1) is 19.1. The Morgan fingerprint density at radius 2 is 1.74 bits per heavy atom. The molecule has 2 aromatic heterocycles. The molecule has 0 saturated carbocycles. The van der Waals surface area contributed by atoms with E-state index in [1.807, 2.05) is 49.4 Å². The minimum absolute atomic E-state index is 0.0681. The van der Waals surface area contributed by atoms with E-state index < -0.39 is 0 Å². The lowest BCUT2D eigenvalue weighted by Gasteiger charge is -2.18. The molecule has 0 fully saturated rings. The van der Waals surface area contributed by atoms with E-state index in [1.165, 1.54) is 0 Å². The highest BCUT2D eigenvalue weighted by Crippen LogP contribution is 2.25. The van der Waals surface area contributed by atoms with Crippen LogP contribution < -0.4 is 5.32 Å². The van der Waals surface area contributed by atoms with E-state index in [9.17, 15) is 4.79 Å². The SMILES string of the molecule is CC(C)C(C)NC(=O)c1cc(-c2ccccc2)nc2cc(C(C)(C)C)nn12. The Labute approximate surface area is 160 Å². The van der Waals surface area contributed by atoms with E-state index in [2.05, 4.69) is 45.0 Å². The first-order valence-electron chi connectivity index (χ1n) is 9.44. The molecule has 1 N–H and O–H groups in total. The summed E-state index contributed by atoms with van der Waals surface area (Å²) in [6, 6.07) is 13.8. The van der Waals surface area contributed by atoms with Crippen molar-refractivity contribution in [3.63, 3.8) is 0 Å². The summed E-state index contributed by atoms with van der Waals surface area (Å²) >= 11 is 0. The first-order valence-corrected chi connectivity index (χ1v) is 9.44. The third kappa shape index (κ3) is 4.02. The second-order valence-electron chi connectivity index (χ2n) is 8.45. The number of benzene rings is 1. The lowest BCUT2D eigenvalue weighted by Crippen LogP contribution is -2.37. The summed E-state index contributed by atoms with van der Waals surface area (Å²) in [6.45, 7) is 12.5. The molecule has 0 aliphatic heterocycles. The molecule has 1 amide bonds. The molecule has 3 rings (SSSR count). The van der Waals surface area contributed by atoms with Crippen molar-refractivity contribution >= 4 is 11.6 Å². The van der Waals surface area contributed by atoms with Crippen molar-refractivity contribution in [3.8, 4) is 11.3 Å². The van der Waals surface area contributed by atoms with Crippen LogP contribution in [0.1, 0.15) is 57.7 Å². The fourth-order valence-corrected chi connectivity index (χ4v) is 2.71. The van der Waals surface area contributed by atoms with Crippen LogP contribution in [-0.4, -0.2) is 26.5 Å². The van der Waals surface area contributed by atoms with Gasteiger partial charge in [-0.25, -0.2) is 9.50 Å². The minimum Gasteiger partial charge on any atom is -0.348 e.